The Morgan fingerprint density at radius 2 is 1.68 bits per heavy atom. The van der Waals surface area contributed by atoms with Crippen LogP contribution in [-0.2, 0) is 0 Å². The SMILES string of the molecule is CC1CCC2C1CCC1C2CCC2C[CH]CCC21C. The summed E-state index contributed by atoms with van der Waals surface area (Å²) in [5.74, 6) is 6.51. The summed E-state index contributed by atoms with van der Waals surface area (Å²) in [4.78, 5) is 0. The molecule has 0 N–H and O–H groups in total. The maximum Gasteiger partial charge on any atom is -0.0266 e. The molecule has 0 aromatic rings. The van der Waals surface area contributed by atoms with Crippen LogP contribution in [0.4, 0.5) is 0 Å². The maximum atomic E-state index is 2.68. The van der Waals surface area contributed by atoms with Crippen molar-refractivity contribution in [1.82, 2.24) is 0 Å². The van der Waals surface area contributed by atoms with Gasteiger partial charge in [-0.3, -0.25) is 0 Å². The Bertz CT molecular complexity index is 346. The van der Waals surface area contributed by atoms with Crippen LogP contribution in [0.1, 0.15) is 71.6 Å². The van der Waals surface area contributed by atoms with Crippen molar-refractivity contribution in [2.24, 2.45) is 40.9 Å². The van der Waals surface area contributed by atoms with E-state index < -0.39 is 0 Å². The first-order chi connectivity index (χ1) is 9.20. The van der Waals surface area contributed by atoms with Crippen LogP contribution >= 0.6 is 0 Å². The van der Waals surface area contributed by atoms with Crippen molar-refractivity contribution < 1.29 is 0 Å². The molecule has 0 aromatic carbocycles. The van der Waals surface area contributed by atoms with Gasteiger partial charge in [-0.1, -0.05) is 20.3 Å². The van der Waals surface area contributed by atoms with Gasteiger partial charge in [0, 0.05) is 0 Å². The molecule has 7 unspecified atom stereocenters. The molecule has 0 heteroatoms. The Balaban J connectivity index is 1.61. The Morgan fingerprint density at radius 3 is 2.58 bits per heavy atom. The molecule has 7 atom stereocenters. The average molecular weight is 259 g/mol. The van der Waals surface area contributed by atoms with Gasteiger partial charge in [0.2, 0.25) is 0 Å². The summed E-state index contributed by atoms with van der Waals surface area (Å²) in [6, 6.07) is 0. The predicted molar refractivity (Wildman–Crippen MR) is 80.6 cm³/mol. The lowest BCUT2D eigenvalue weighted by atomic mass is 9.47. The minimum Gasteiger partial charge on any atom is -0.0622 e. The van der Waals surface area contributed by atoms with Gasteiger partial charge < -0.3 is 0 Å². The Morgan fingerprint density at radius 1 is 0.895 bits per heavy atom. The molecule has 0 bridgehead atoms. The Kier molecular flexibility index (Phi) is 3.01. The van der Waals surface area contributed by atoms with Gasteiger partial charge in [-0.15, -0.1) is 0 Å². The Labute approximate surface area is 119 Å². The van der Waals surface area contributed by atoms with Crippen LogP contribution in [-0.4, -0.2) is 0 Å². The highest BCUT2D eigenvalue weighted by Crippen LogP contribution is 2.63. The second-order valence-electron chi connectivity index (χ2n) is 8.57. The van der Waals surface area contributed by atoms with E-state index in [-0.39, 0.29) is 0 Å². The van der Waals surface area contributed by atoms with Gasteiger partial charge in [0.25, 0.3) is 0 Å². The molecule has 0 saturated heterocycles. The van der Waals surface area contributed by atoms with E-state index in [9.17, 15) is 0 Å². The first-order valence-corrected chi connectivity index (χ1v) is 9.02. The standard InChI is InChI=1S/C19H31/c1-13-6-8-16-15(13)10-11-18-17(16)9-7-14-5-3-4-12-19(14,18)2/h3,13-18H,4-12H2,1-2H3. The van der Waals surface area contributed by atoms with E-state index in [0.717, 1.165) is 35.5 Å². The molecule has 4 saturated carbocycles. The van der Waals surface area contributed by atoms with Crippen molar-refractivity contribution in [2.45, 2.75) is 71.6 Å². The molecule has 19 heavy (non-hydrogen) atoms. The van der Waals surface area contributed by atoms with Crippen LogP contribution in [0.15, 0.2) is 0 Å². The van der Waals surface area contributed by atoms with Crippen LogP contribution in [0.3, 0.4) is 0 Å². The first-order valence-electron chi connectivity index (χ1n) is 9.02. The summed E-state index contributed by atoms with van der Waals surface area (Å²) < 4.78 is 0. The molecular weight excluding hydrogens is 228 g/mol. The lowest BCUT2D eigenvalue weighted by Crippen LogP contribution is -2.50. The molecule has 0 heterocycles. The summed E-state index contributed by atoms with van der Waals surface area (Å²) in [6.07, 6.45) is 16.3. The molecule has 1 radical (unpaired) electrons. The van der Waals surface area contributed by atoms with Crippen LogP contribution < -0.4 is 0 Å². The predicted octanol–water partition coefficient (Wildman–Crippen LogP) is 5.48. The number of hydrogen-bond acceptors (Lipinski definition) is 0. The van der Waals surface area contributed by atoms with Crippen molar-refractivity contribution in [3.05, 3.63) is 6.42 Å². The molecule has 0 spiro atoms. The maximum absolute atomic E-state index is 2.68. The number of fused-ring (bicyclic) bond motifs is 5. The van der Waals surface area contributed by atoms with Gasteiger partial charge in [0.05, 0.1) is 0 Å². The normalized spacial score (nSPS) is 57.2. The second-order valence-corrected chi connectivity index (χ2v) is 8.57. The Hall–Kier alpha value is 0. The van der Waals surface area contributed by atoms with Gasteiger partial charge in [-0.05, 0) is 98.7 Å². The van der Waals surface area contributed by atoms with E-state index in [1.165, 1.54) is 25.7 Å². The van der Waals surface area contributed by atoms with E-state index in [1.54, 1.807) is 32.1 Å². The molecule has 0 aliphatic heterocycles. The van der Waals surface area contributed by atoms with E-state index in [4.69, 9.17) is 0 Å². The molecule has 4 aliphatic rings. The van der Waals surface area contributed by atoms with Crippen LogP contribution in [0.25, 0.3) is 0 Å². The molecule has 0 amide bonds. The number of rotatable bonds is 0. The average Bonchev–Trinajstić information content (AvgIpc) is 2.80. The van der Waals surface area contributed by atoms with Crippen molar-refractivity contribution in [1.29, 1.82) is 0 Å². The summed E-state index contributed by atoms with van der Waals surface area (Å²) >= 11 is 0. The third kappa shape index (κ3) is 1.77. The van der Waals surface area contributed by atoms with Gasteiger partial charge in [-0.2, -0.15) is 0 Å². The lowest BCUT2D eigenvalue weighted by molar-refractivity contribution is -0.0793. The smallest absolute Gasteiger partial charge is 0.0266 e. The summed E-state index contributed by atoms with van der Waals surface area (Å²) in [6.45, 7) is 5.22. The van der Waals surface area contributed by atoms with Crippen LogP contribution in [0.2, 0.25) is 0 Å². The van der Waals surface area contributed by atoms with Crippen molar-refractivity contribution in [3.8, 4) is 0 Å². The topological polar surface area (TPSA) is 0 Å². The molecular formula is C19H31. The highest BCUT2D eigenvalue weighted by atomic mass is 14.6. The zero-order valence-corrected chi connectivity index (χ0v) is 12.9. The molecule has 0 aromatic heterocycles. The van der Waals surface area contributed by atoms with E-state index in [1.807, 2.05) is 0 Å². The number of hydrogen-bond donors (Lipinski definition) is 0. The van der Waals surface area contributed by atoms with E-state index in [2.05, 4.69) is 20.3 Å². The zero-order chi connectivity index (χ0) is 13.0. The van der Waals surface area contributed by atoms with Crippen LogP contribution in [0.5, 0.6) is 0 Å². The fourth-order valence-electron chi connectivity index (χ4n) is 6.99. The molecule has 107 valence electrons. The largest absolute Gasteiger partial charge is 0.0622 e. The quantitative estimate of drug-likeness (QED) is 0.540. The van der Waals surface area contributed by atoms with E-state index >= 15 is 0 Å². The van der Waals surface area contributed by atoms with Gasteiger partial charge in [0.15, 0.2) is 0 Å². The zero-order valence-electron chi connectivity index (χ0n) is 12.9. The minimum atomic E-state index is 0.717. The van der Waals surface area contributed by atoms with Crippen molar-refractivity contribution >= 4 is 0 Å². The summed E-state index contributed by atoms with van der Waals surface area (Å²) in [7, 11) is 0. The van der Waals surface area contributed by atoms with Gasteiger partial charge in [0.1, 0.15) is 0 Å². The fourth-order valence-corrected chi connectivity index (χ4v) is 6.99. The monoisotopic (exact) mass is 259 g/mol. The van der Waals surface area contributed by atoms with Crippen molar-refractivity contribution in [3.63, 3.8) is 0 Å². The minimum absolute atomic E-state index is 0.717. The summed E-state index contributed by atoms with van der Waals surface area (Å²) in [5, 5.41) is 0. The molecule has 4 rings (SSSR count). The highest BCUT2D eigenvalue weighted by Gasteiger charge is 2.54. The highest BCUT2D eigenvalue weighted by molar-refractivity contribution is 5.06. The first kappa shape index (κ1) is 12.7. The van der Waals surface area contributed by atoms with Crippen LogP contribution in [0, 0.1) is 47.3 Å². The fraction of sp³-hybridized carbons (Fsp3) is 0.947. The lowest BCUT2D eigenvalue weighted by Gasteiger charge is -2.58. The third-order valence-corrected chi connectivity index (χ3v) is 8.08. The molecule has 4 aliphatic carbocycles. The summed E-state index contributed by atoms with van der Waals surface area (Å²) in [5.41, 5.74) is 0.717. The molecule has 4 fully saturated rings. The second kappa shape index (κ2) is 4.50. The molecule has 0 nitrogen and oxygen atoms in total. The van der Waals surface area contributed by atoms with E-state index in [0.29, 0.717) is 5.41 Å². The van der Waals surface area contributed by atoms with Crippen molar-refractivity contribution in [2.75, 3.05) is 0 Å². The van der Waals surface area contributed by atoms with Gasteiger partial charge >= 0.3 is 0 Å². The third-order valence-electron chi connectivity index (χ3n) is 8.08. The van der Waals surface area contributed by atoms with Gasteiger partial charge in [-0.25, -0.2) is 0 Å².